The summed E-state index contributed by atoms with van der Waals surface area (Å²) in [7, 11) is 0. The first kappa shape index (κ1) is 21.8. The van der Waals surface area contributed by atoms with Gasteiger partial charge in [0.15, 0.2) is 0 Å². The first-order valence-electron chi connectivity index (χ1n) is 9.35. The molecule has 0 atom stereocenters. The summed E-state index contributed by atoms with van der Waals surface area (Å²) in [4.78, 5) is 24.6. The van der Waals surface area contributed by atoms with E-state index in [0.717, 1.165) is 23.3 Å². The predicted octanol–water partition coefficient (Wildman–Crippen LogP) is 5.92. The van der Waals surface area contributed by atoms with Gasteiger partial charge in [-0.1, -0.05) is 42.0 Å². The third-order valence-corrected chi connectivity index (χ3v) is 4.34. The van der Waals surface area contributed by atoms with Crippen LogP contribution < -0.4 is 10.6 Å². The van der Waals surface area contributed by atoms with Gasteiger partial charge in [-0.3, -0.25) is 9.59 Å². The van der Waals surface area contributed by atoms with E-state index in [0.29, 0.717) is 5.69 Å². The number of carbonyl (C=O) groups is 2. The normalized spacial score (nSPS) is 11.4. The third-order valence-electron chi connectivity index (χ3n) is 4.34. The van der Waals surface area contributed by atoms with Crippen LogP contribution in [0.2, 0.25) is 0 Å². The molecule has 3 aromatic carbocycles. The van der Waals surface area contributed by atoms with Gasteiger partial charge in [0.05, 0.1) is 5.56 Å². The molecule has 0 aliphatic carbocycles. The summed E-state index contributed by atoms with van der Waals surface area (Å²) in [6.07, 6.45) is -1.46. The van der Waals surface area contributed by atoms with Crippen molar-refractivity contribution in [3.8, 4) is 0 Å². The smallest absolute Gasteiger partial charge is 0.322 e. The number of hydrogen-bond donors (Lipinski definition) is 2. The highest BCUT2D eigenvalue weighted by molar-refractivity contribution is 6.06. The number of carbonyl (C=O) groups excluding carboxylic acids is 2. The molecule has 0 bridgehead atoms. The average molecular weight is 424 g/mol. The lowest BCUT2D eigenvalue weighted by atomic mass is 10.1. The van der Waals surface area contributed by atoms with Crippen molar-refractivity contribution >= 4 is 29.3 Å². The average Bonchev–Trinajstić information content (AvgIpc) is 2.73. The Morgan fingerprint density at radius 1 is 0.839 bits per heavy atom. The lowest BCUT2D eigenvalue weighted by Gasteiger charge is -2.10. The van der Waals surface area contributed by atoms with Crippen molar-refractivity contribution in [1.82, 2.24) is 0 Å². The number of halogens is 3. The van der Waals surface area contributed by atoms with E-state index in [4.69, 9.17) is 0 Å². The van der Waals surface area contributed by atoms with Crippen LogP contribution in [0.5, 0.6) is 0 Å². The van der Waals surface area contributed by atoms with E-state index in [1.807, 2.05) is 31.2 Å². The molecule has 0 radical (unpaired) electrons. The van der Waals surface area contributed by atoms with Crippen molar-refractivity contribution in [2.24, 2.45) is 0 Å². The van der Waals surface area contributed by atoms with Crippen LogP contribution in [0.15, 0.2) is 78.9 Å². The number of nitrogens with one attached hydrogen (secondary N) is 2. The van der Waals surface area contributed by atoms with Crippen molar-refractivity contribution in [3.63, 3.8) is 0 Å². The topological polar surface area (TPSA) is 58.2 Å². The second-order valence-electron chi connectivity index (χ2n) is 6.85. The molecule has 0 spiro atoms. The van der Waals surface area contributed by atoms with Gasteiger partial charge in [0.25, 0.3) is 5.91 Å². The van der Waals surface area contributed by atoms with Gasteiger partial charge in [-0.15, -0.1) is 0 Å². The van der Waals surface area contributed by atoms with Crippen LogP contribution in [0.3, 0.4) is 0 Å². The van der Waals surface area contributed by atoms with Gasteiger partial charge < -0.3 is 10.6 Å². The molecule has 3 aromatic rings. The number of aryl methyl sites for hydroxylation is 1. The predicted molar refractivity (Wildman–Crippen MR) is 115 cm³/mol. The van der Waals surface area contributed by atoms with Crippen LogP contribution >= 0.6 is 0 Å². The van der Waals surface area contributed by atoms with Crippen LogP contribution in [0.25, 0.3) is 6.08 Å². The standard InChI is InChI=1S/C24H19F3N2O2/c1-16-8-10-17(11-9-16)12-13-22(30)28-20-6-2-4-18(14-20)23(31)29-21-7-3-5-19(15-21)24(25,26)27/h2-15H,1H3,(H,28,30)(H,29,31)/b13-12+. The Labute approximate surface area is 177 Å². The van der Waals surface area contributed by atoms with Gasteiger partial charge in [-0.2, -0.15) is 13.2 Å². The SMILES string of the molecule is Cc1ccc(/C=C/C(=O)Nc2cccc(C(=O)Nc3cccc(C(F)(F)F)c3)c2)cc1. The Bertz CT molecular complexity index is 1120. The molecule has 0 saturated heterocycles. The maximum atomic E-state index is 12.8. The number of benzene rings is 3. The first-order valence-corrected chi connectivity index (χ1v) is 9.35. The van der Waals surface area contributed by atoms with Crippen molar-refractivity contribution < 1.29 is 22.8 Å². The van der Waals surface area contributed by atoms with E-state index in [9.17, 15) is 22.8 Å². The largest absolute Gasteiger partial charge is 0.416 e. The van der Waals surface area contributed by atoms with Crippen molar-refractivity contribution in [2.75, 3.05) is 10.6 Å². The molecule has 0 fully saturated rings. The Morgan fingerprint density at radius 3 is 2.16 bits per heavy atom. The lowest BCUT2D eigenvalue weighted by Crippen LogP contribution is -2.14. The molecule has 0 aromatic heterocycles. The summed E-state index contributed by atoms with van der Waals surface area (Å²) >= 11 is 0. The van der Waals surface area contributed by atoms with Gasteiger partial charge >= 0.3 is 6.18 Å². The molecule has 0 aliphatic rings. The van der Waals surface area contributed by atoms with Crippen LogP contribution in [0, 0.1) is 6.92 Å². The van der Waals surface area contributed by atoms with Crippen LogP contribution in [0.4, 0.5) is 24.5 Å². The highest BCUT2D eigenvalue weighted by Crippen LogP contribution is 2.30. The van der Waals surface area contributed by atoms with E-state index < -0.39 is 17.6 Å². The van der Waals surface area contributed by atoms with E-state index >= 15 is 0 Å². The highest BCUT2D eigenvalue weighted by Gasteiger charge is 2.30. The minimum atomic E-state index is -4.50. The van der Waals surface area contributed by atoms with Gasteiger partial charge in [0, 0.05) is 23.0 Å². The zero-order valence-electron chi connectivity index (χ0n) is 16.5. The maximum absolute atomic E-state index is 12.8. The molecule has 158 valence electrons. The van der Waals surface area contributed by atoms with Gasteiger partial charge in [-0.25, -0.2) is 0 Å². The number of amides is 2. The van der Waals surface area contributed by atoms with Crippen molar-refractivity contribution in [2.45, 2.75) is 13.1 Å². The first-order chi connectivity index (χ1) is 14.7. The molecule has 0 heterocycles. The molecular formula is C24H19F3N2O2. The summed E-state index contributed by atoms with van der Waals surface area (Å²) in [5, 5.41) is 5.09. The molecule has 31 heavy (non-hydrogen) atoms. The minimum Gasteiger partial charge on any atom is -0.322 e. The van der Waals surface area contributed by atoms with E-state index in [-0.39, 0.29) is 17.2 Å². The summed E-state index contributed by atoms with van der Waals surface area (Å²) in [5.41, 5.74) is 1.73. The Kier molecular flexibility index (Phi) is 6.55. The number of anilines is 2. The molecule has 3 rings (SSSR count). The highest BCUT2D eigenvalue weighted by atomic mass is 19.4. The Balaban J connectivity index is 1.66. The van der Waals surface area contributed by atoms with E-state index in [2.05, 4.69) is 10.6 Å². The summed E-state index contributed by atoms with van der Waals surface area (Å²) < 4.78 is 38.5. The van der Waals surface area contributed by atoms with Gasteiger partial charge in [0.2, 0.25) is 5.91 Å². The Morgan fingerprint density at radius 2 is 1.48 bits per heavy atom. The molecule has 0 unspecified atom stereocenters. The second kappa shape index (κ2) is 9.30. The summed E-state index contributed by atoms with van der Waals surface area (Å²) in [5.74, 6) is -0.971. The van der Waals surface area contributed by atoms with Crippen molar-refractivity contribution in [3.05, 3.63) is 101 Å². The van der Waals surface area contributed by atoms with Gasteiger partial charge in [-0.05, 0) is 55.0 Å². The fourth-order valence-corrected chi connectivity index (χ4v) is 2.75. The lowest BCUT2D eigenvalue weighted by molar-refractivity contribution is -0.137. The molecule has 0 saturated carbocycles. The molecule has 2 N–H and O–H groups in total. The third kappa shape index (κ3) is 6.30. The van der Waals surface area contributed by atoms with Crippen LogP contribution in [0.1, 0.15) is 27.0 Å². The summed E-state index contributed by atoms with van der Waals surface area (Å²) in [6.45, 7) is 1.97. The Hall–Kier alpha value is -3.87. The fraction of sp³-hybridized carbons (Fsp3) is 0.0833. The molecular weight excluding hydrogens is 405 g/mol. The van der Waals surface area contributed by atoms with Crippen LogP contribution in [-0.4, -0.2) is 11.8 Å². The number of alkyl halides is 3. The fourth-order valence-electron chi connectivity index (χ4n) is 2.75. The van der Waals surface area contributed by atoms with Crippen LogP contribution in [-0.2, 0) is 11.0 Å². The molecule has 4 nitrogen and oxygen atoms in total. The molecule has 7 heteroatoms. The zero-order valence-corrected chi connectivity index (χ0v) is 16.5. The zero-order chi connectivity index (χ0) is 22.4. The second-order valence-corrected chi connectivity index (χ2v) is 6.85. The summed E-state index contributed by atoms with van der Waals surface area (Å²) in [6, 6.07) is 18.1. The monoisotopic (exact) mass is 424 g/mol. The van der Waals surface area contributed by atoms with Crippen molar-refractivity contribution in [1.29, 1.82) is 0 Å². The quantitative estimate of drug-likeness (QED) is 0.500. The maximum Gasteiger partial charge on any atom is 0.416 e. The van der Waals surface area contributed by atoms with E-state index in [1.54, 1.807) is 18.2 Å². The number of hydrogen-bond acceptors (Lipinski definition) is 2. The molecule has 2 amide bonds. The molecule has 0 aliphatic heterocycles. The van der Waals surface area contributed by atoms with E-state index in [1.165, 1.54) is 30.3 Å². The number of rotatable bonds is 5. The van der Waals surface area contributed by atoms with Gasteiger partial charge in [0.1, 0.15) is 0 Å². The minimum absolute atomic E-state index is 0.0234.